The third-order valence-corrected chi connectivity index (χ3v) is 2.99. The fraction of sp³-hybridized carbons (Fsp3) is 0.214. The molecule has 7 nitrogen and oxygen atoms in total. The van der Waals surface area contributed by atoms with Crippen LogP contribution in [-0.2, 0) is 6.54 Å². The van der Waals surface area contributed by atoms with Crippen molar-refractivity contribution in [3.05, 3.63) is 62.6 Å². The minimum absolute atomic E-state index is 0.109. The number of benzene rings is 1. The Hall–Kier alpha value is -2.83. The number of nitrogens with zero attached hydrogens (tertiary/aromatic N) is 4. The van der Waals surface area contributed by atoms with Crippen LogP contribution in [0.1, 0.15) is 12.5 Å². The maximum atomic E-state index is 11.6. The Morgan fingerprint density at radius 1 is 1.24 bits per heavy atom. The number of para-hydroxylation sites is 1. The molecule has 0 aliphatic carbocycles. The third-order valence-electron chi connectivity index (χ3n) is 2.99. The smallest absolute Gasteiger partial charge is 0.296 e. The number of aryl methyl sites for hydroxylation is 2. The first kappa shape index (κ1) is 14.6. The average molecular weight is 286 g/mol. The van der Waals surface area contributed by atoms with Crippen LogP contribution < -0.4 is 5.56 Å². The Morgan fingerprint density at radius 3 is 2.57 bits per heavy atom. The molecule has 0 spiro atoms. The second-order valence-corrected chi connectivity index (χ2v) is 4.41. The number of azo groups is 1. The number of hydrogen-bond donors (Lipinski definition) is 0. The number of aromatic nitrogens is 1. The maximum Gasteiger partial charge on any atom is 0.296 e. The molecule has 1 heterocycles. The first-order valence-corrected chi connectivity index (χ1v) is 6.39. The first-order chi connectivity index (χ1) is 10.0. The minimum Gasteiger partial charge on any atom is -0.314 e. The highest BCUT2D eigenvalue weighted by molar-refractivity contribution is 5.56. The topological polar surface area (TPSA) is 89.9 Å². The van der Waals surface area contributed by atoms with Crippen molar-refractivity contribution in [2.45, 2.75) is 20.4 Å². The van der Waals surface area contributed by atoms with Crippen molar-refractivity contribution in [2.75, 3.05) is 0 Å². The van der Waals surface area contributed by atoms with Crippen molar-refractivity contribution in [2.24, 2.45) is 10.2 Å². The highest BCUT2D eigenvalue weighted by atomic mass is 16.6. The van der Waals surface area contributed by atoms with E-state index in [-0.39, 0.29) is 16.9 Å². The summed E-state index contributed by atoms with van der Waals surface area (Å²) in [5, 5.41) is 18.9. The Kier molecular flexibility index (Phi) is 4.22. The summed E-state index contributed by atoms with van der Waals surface area (Å²) in [5.74, 6) is 0. The molecule has 0 aliphatic heterocycles. The zero-order valence-electron chi connectivity index (χ0n) is 11.7. The molecular weight excluding hydrogens is 272 g/mol. The minimum atomic E-state index is -0.506. The number of pyridine rings is 1. The van der Waals surface area contributed by atoms with Gasteiger partial charge in [0.2, 0.25) is 0 Å². The molecule has 1 aromatic heterocycles. The molecule has 21 heavy (non-hydrogen) atoms. The van der Waals surface area contributed by atoms with Crippen LogP contribution in [0.5, 0.6) is 0 Å². The van der Waals surface area contributed by atoms with E-state index in [1.807, 2.05) is 6.92 Å². The second kappa shape index (κ2) is 6.08. The van der Waals surface area contributed by atoms with Crippen LogP contribution >= 0.6 is 0 Å². The summed E-state index contributed by atoms with van der Waals surface area (Å²) in [5.41, 5.74) is 1.14. The van der Waals surface area contributed by atoms with Crippen molar-refractivity contribution in [3.8, 4) is 0 Å². The molecule has 0 radical (unpaired) electrons. The number of rotatable bonds is 4. The van der Waals surface area contributed by atoms with Crippen molar-refractivity contribution in [1.82, 2.24) is 4.57 Å². The van der Waals surface area contributed by atoms with Gasteiger partial charge >= 0.3 is 0 Å². The first-order valence-electron chi connectivity index (χ1n) is 6.39. The van der Waals surface area contributed by atoms with Crippen LogP contribution in [0.4, 0.5) is 17.1 Å². The van der Waals surface area contributed by atoms with Gasteiger partial charge in [-0.25, -0.2) is 0 Å². The molecule has 0 saturated heterocycles. The SMILES string of the molecule is CCn1cc(N=Nc2ccccc2[N+](=O)[O-])c(C)cc1=O. The van der Waals surface area contributed by atoms with E-state index >= 15 is 0 Å². The fourth-order valence-corrected chi connectivity index (χ4v) is 1.82. The second-order valence-electron chi connectivity index (χ2n) is 4.41. The van der Waals surface area contributed by atoms with E-state index in [0.717, 1.165) is 0 Å². The lowest BCUT2D eigenvalue weighted by Gasteiger charge is -2.04. The molecule has 7 heteroatoms. The van der Waals surface area contributed by atoms with Crippen LogP contribution in [0.15, 0.2) is 51.6 Å². The summed E-state index contributed by atoms with van der Waals surface area (Å²) in [6.07, 6.45) is 1.59. The van der Waals surface area contributed by atoms with Crippen LogP contribution in [0.2, 0.25) is 0 Å². The molecule has 0 amide bonds. The van der Waals surface area contributed by atoms with Crippen LogP contribution in [0.25, 0.3) is 0 Å². The Balaban J connectivity index is 2.43. The molecule has 2 aromatic rings. The molecule has 0 N–H and O–H groups in total. The summed E-state index contributed by atoms with van der Waals surface area (Å²) in [6, 6.07) is 7.58. The lowest BCUT2D eigenvalue weighted by atomic mass is 10.2. The predicted octanol–water partition coefficient (Wildman–Crippen LogP) is 3.50. The number of nitro benzene ring substituents is 1. The molecule has 2 rings (SSSR count). The summed E-state index contributed by atoms with van der Waals surface area (Å²) < 4.78 is 1.50. The van der Waals surface area contributed by atoms with Crippen molar-refractivity contribution in [1.29, 1.82) is 0 Å². The number of nitro groups is 1. The van der Waals surface area contributed by atoms with Gasteiger partial charge < -0.3 is 4.57 Å². The molecule has 0 bridgehead atoms. The van der Waals surface area contributed by atoms with Gasteiger partial charge in [0.1, 0.15) is 5.69 Å². The highest BCUT2D eigenvalue weighted by Gasteiger charge is 2.11. The van der Waals surface area contributed by atoms with Gasteiger partial charge in [-0.2, -0.15) is 0 Å². The lowest BCUT2D eigenvalue weighted by Crippen LogP contribution is -2.17. The van der Waals surface area contributed by atoms with E-state index in [9.17, 15) is 14.9 Å². The van der Waals surface area contributed by atoms with Crippen molar-refractivity contribution >= 4 is 17.1 Å². The normalized spacial score (nSPS) is 11.0. The maximum absolute atomic E-state index is 11.6. The van der Waals surface area contributed by atoms with Gasteiger partial charge in [0, 0.05) is 24.9 Å². The average Bonchev–Trinajstić information content (AvgIpc) is 2.46. The van der Waals surface area contributed by atoms with Gasteiger partial charge in [-0.3, -0.25) is 14.9 Å². The van der Waals surface area contributed by atoms with E-state index in [0.29, 0.717) is 17.8 Å². The summed E-state index contributed by atoms with van der Waals surface area (Å²) in [6.45, 7) is 4.11. The van der Waals surface area contributed by atoms with E-state index in [2.05, 4.69) is 10.2 Å². The molecule has 108 valence electrons. The quantitative estimate of drug-likeness (QED) is 0.489. The largest absolute Gasteiger partial charge is 0.314 e. The van der Waals surface area contributed by atoms with Crippen LogP contribution in [-0.4, -0.2) is 9.49 Å². The molecule has 0 fully saturated rings. The van der Waals surface area contributed by atoms with Gasteiger partial charge in [-0.15, -0.1) is 10.2 Å². The van der Waals surface area contributed by atoms with Gasteiger partial charge in [-0.05, 0) is 25.5 Å². The van der Waals surface area contributed by atoms with Gasteiger partial charge in [-0.1, -0.05) is 12.1 Å². The highest BCUT2D eigenvalue weighted by Crippen LogP contribution is 2.28. The summed E-state index contributed by atoms with van der Waals surface area (Å²) >= 11 is 0. The summed E-state index contributed by atoms with van der Waals surface area (Å²) in [7, 11) is 0. The van der Waals surface area contributed by atoms with Crippen molar-refractivity contribution in [3.63, 3.8) is 0 Å². The number of hydrogen-bond acceptors (Lipinski definition) is 5. The molecule has 1 aromatic carbocycles. The van der Waals surface area contributed by atoms with Gasteiger partial charge in [0.05, 0.1) is 4.92 Å². The van der Waals surface area contributed by atoms with Crippen LogP contribution in [0.3, 0.4) is 0 Å². The van der Waals surface area contributed by atoms with Crippen LogP contribution in [0, 0.1) is 17.0 Å². The zero-order valence-corrected chi connectivity index (χ0v) is 11.7. The summed E-state index contributed by atoms with van der Waals surface area (Å²) in [4.78, 5) is 22.0. The third kappa shape index (κ3) is 3.19. The van der Waals surface area contributed by atoms with E-state index in [1.165, 1.54) is 22.8 Å². The Bertz CT molecular complexity index is 765. The zero-order chi connectivity index (χ0) is 15.4. The monoisotopic (exact) mass is 286 g/mol. The Labute approximate surface area is 120 Å². The molecule has 0 atom stereocenters. The Morgan fingerprint density at radius 2 is 1.90 bits per heavy atom. The lowest BCUT2D eigenvalue weighted by molar-refractivity contribution is -0.384. The van der Waals surface area contributed by atoms with Gasteiger partial charge in [0.25, 0.3) is 11.2 Å². The van der Waals surface area contributed by atoms with E-state index in [4.69, 9.17) is 0 Å². The van der Waals surface area contributed by atoms with E-state index < -0.39 is 4.92 Å². The molecule has 0 aliphatic rings. The molecule has 0 saturated carbocycles. The fourth-order valence-electron chi connectivity index (χ4n) is 1.82. The van der Waals surface area contributed by atoms with Crippen molar-refractivity contribution < 1.29 is 4.92 Å². The van der Waals surface area contributed by atoms with E-state index in [1.54, 1.807) is 25.3 Å². The van der Waals surface area contributed by atoms with Gasteiger partial charge in [0.15, 0.2) is 5.69 Å². The molecular formula is C14H14N4O3. The molecule has 0 unspecified atom stereocenters. The standard InChI is InChI=1S/C14H14N4O3/c1-3-17-9-12(10(2)8-14(17)19)16-15-11-6-4-5-7-13(11)18(20)21/h4-9H,3H2,1-2H3. The predicted molar refractivity (Wildman–Crippen MR) is 78.4 cm³/mol.